The summed E-state index contributed by atoms with van der Waals surface area (Å²) in [6.07, 6.45) is 6.78. The summed E-state index contributed by atoms with van der Waals surface area (Å²) < 4.78 is 38.7. The first-order valence-corrected chi connectivity index (χ1v) is 12.4. The molecule has 8 heteroatoms. The highest BCUT2D eigenvalue weighted by Gasteiger charge is 2.25. The quantitative estimate of drug-likeness (QED) is 0.675. The molecule has 1 fully saturated rings. The molecule has 2 aromatic carbocycles. The third-order valence-electron chi connectivity index (χ3n) is 5.58. The molecule has 1 atom stereocenters. The van der Waals surface area contributed by atoms with Gasteiger partial charge in [0.1, 0.15) is 12.7 Å². The summed E-state index contributed by atoms with van der Waals surface area (Å²) in [7, 11) is -3.47. The van der Waals surface area contributed by atoms with Crippen molar-refractivity contribution in [1.82, 2.24) is 9.62 Å². The number of nitrogens with one attached hydrogen (secondary N) is 1. The van der Waals surface area contributed by atoms with E-state index in [1.807, 2.05) is 24.3 Å². The van der Waals surface area contributed by atoms with E-state index in [4.69, 9.17) is 9.47 Å². The third-order valence-corrected chi connectivity index (χ3v) is 7.49. The molecule has 2 aliphatic heterocycles. The summed E-state index contributed by atoms with van der Waals surface area (Å²) in [5, 5.41) is 2.80. The molecule has 0 spiro atoms. The van der Waals surface area contributed by atoms with E-state index in [0.717, 1.165) is 31.2 Å². The largest absolute Gasteiger partial charge is 0.486 e. The predicted octanol–water partition coefficient (Wildman–Crippen LogP) is 3.22. The Morgan fingerprint density at radius 1 is 1.00 bits per heavy atom. The highest BCUT2D eigenvalue weighted by Crippen LogP contribution is 2.30. The molecule has 170 valence electrons. The van der Waals surface area contributed by atoms with Gasteiger partial charge in [-0.1, -0.05) is 37.1 Å². The highest BCUT2D eigenvalue weighted by molar-refractivity contribution is 7.89. The number of para-hydroxylation sites is 2. The number of rotatable bonds is 6. The van der Waals surface area contributed by atoms with Gasteiger partial charge in [0.05, 0.1) is 11.4 Å². The summed E-state index contributed by atoms with van der Waals surface area (Å²) in [4.78, 5) is 12.5. The Morgan fingerprint density at radius 2 is 1.69 bits per heavy atom. The molecule has 0 aliphatic carbocycles. The van der Waals surface area contributed by atoms with Crippen LogP contribution in [-0.2, 0) is 14.8 Å². The van der Waals surface area contributed by atoms with Crippen LogP contribution in [0.3, 0.4) is 0 Å². The topological polar surface area (TPSA) is 84.9 Å². The number of amides is 1. The fourth-order valence-electron chi connectivity index (χ4n) is 3.79. The highest BCUT2D eigenvalue weighted by atomic mass is 32.2. The summed E-state index contributed by atoms with van der Waals surface area (Å²) >= 11 is 0. The van der Waals surface area contributed by atoms with Gasteiger partial charge < -0.3 is 14.8 Å². The van der Waals surface area contributed by atoms with Gasteiger partial charge in [-0.2, -0.15) is 4.31 Å². The van der Waals surface area contributed by atoms with Crippen LogP contribution in [0.4, 0.5) is 0 Å². The van der Waals surface area contributed by atoms with Crippen molar-refractivity contribution in [1.29, 1.82) is 0 Å². The number of sulfonamides is 1. The van der Waals surface area contributed by atoms with Gasteiger partial charge in [0.15, 0.2) is 11.5 Å². The van der Waals surface area contributed by atoms with Crippen molar-refractivity contribution >= 4 is 22.0 Å². The van der Waals surface area contributed by atoms with E-state index in [1.165, 1.54) is 6.08 Å². The van der Waals surface area contributed by atoms with Crippen LogP contribution in [0, 0.1) is 0 Å². The molecule has 0 radical (unpaired) electrons. The van der Waals surface area contributed by atoms with Gasteiger partial charge in [0.25, 0.3) is 0 Å². The molecular weight excluding hydrogens is 428 g/mol. The van der Waals surface area contributed by atoms with Crippen molar-refractivity contribution in [3.05, 3.63) is 60.2 Å². The van der Waals surface area contributed by atoms with Gasteiger partial charge in [-0.3, -0.25) is 4.79 Å². The maximum atomic E-state index is 12.9. The zero-order chi connectivity index (χ0) is 22.4. The van der Waals surface area contributed by atoms with Crippen LogP contribution < -0.4 is 14.8 Å². The summed E-state index contributed by atoms with van der Waals surface area (Å²) in [6, 6.07) is 14.1. The Kier molecular flexibility index (Phi) is 7.12. The normalized spacial score (nSPS) is 19.4. The van der Waals surface area contributed by atoms with E-state index in [9.17, 15) is 13.2 Å². The second-order valence-electron chi connectivity index (χ2n) is 7.96. The Bertz CT molecular complexity index is 1060. The van der Waals surface area contributed by atoms with Crippen LogP contribution in [0.2, 0.25) is 0 Å². The van der Waals surface area contributed by atoms with Gasteiger partial charge >= 0.3 is 0 Å². The van der Waals surface area contributed by atoms with Crippen molar-refractivity contribution in [2.24, 2.45) is 0 Å². The summed E-state index contributed by atoms with van der Waals surface area (Å²) in [5.74, 6) is 1.12. The second-order valence-corrected chi connectivity index (χ2v) is 9.90. The minimum absolute atomic E-state index is 0.256. The molecule has 4 rings (SSSR count). The molecule has 2 heterocycles. The lowest BCUT2D eigenvalue weighted by molar-refractivity contribution is -0.116. The van der Waals surface area contributed by atoms with Crippen molar-refractivity contribution in [2.45, 2.75) is 36.7 Å². The minimum Gasteiger partial charge on any atom is -0.486 e. The Balaban J connectivity index is 1.29. The molecule has 2 aromatic rings. The van der Waals surface area contributed by atoms with Crippen LogP contribution in [0.25, 0.3) is 6.08 Å². The first kappa shape index (κ1) is 22.4. The summed E-state index contributed by atoms with van der Waals surface area (Å²) in [6.45, 7) is 1.84. The lowest BCUT2D eigenvalue weighted by atomic mass is 10.2. The predicted molar refractivity (Wildman–Crippen MR) is 122 cm³/mol. The van der Waals surface area contributed by atoms with E-state index in [1.54, 1.807) is 34.6 Å². The molecule has 7 nitrogen and oxygen atoms in total. The molecule has 1 amide bonds. The number of ether oxygens (including phenoxy) is 2. The second kappa shape index (κ2) is 10.2. The Morgan fingerprint density at radius 3 is 2.41 bits per heavy atom. The molecule has 32 heavy (non-hydrogen) atoms. The SMILES string of the molecule is O=C(/C=C/c1ccc(S(=O)(=O)N2CCCCCC2)cc1)NC[C@@H]1COc2ccccc2O1. The number of fused-ring (bicyclic) bond motifs is 1. The van der Waals surface area contributed by atoms with Crippen LogP contribution in [0.1, 0.15) is 31.2 Å². The maximum Gasteiger partial charge on any atom is 0.244 e. The smallest absolute Gasteiger partial charge is 0.244 e. The van der Waals surface area contributed by atoms with Gasteiger partial charge in [-0.05, 0) is 48.7 Å². The summed E-state index contributed by atoms with van der Waals surface area (Å²) in [5.41, 5.74) is 0.751. The third kappa shape index (κ3) is 5.49. The van der Waals surface area contributed by atoms with Crippen LogP contribution in [0.5, 0.6) is 11.5 Å². The molecule has 2 aliphatic rings. The molecule has 0 aromatic heterocycles. The average Bonchev–Trinajstić information content (AvgIpc) is 3.12. The zero-order valence-corrected chi connectivity index (χ0v) is 18.7. The van der Waals surface area contributed by atoms with Crippen LogP contribution >= 0.6 is 0 Å². The first-order chi connectivity index (χ1) is 15.5. The standard InChI is InChI=1S/C24H28N2O5S/c27-24(25-17-20-18-30-22-7-3-4-8-23(22)31-20)14-11-19-9-12-21(13-10-19)32(28,29)26-15-5-1-2-6-16-26/h3-4,7-14,20H,1-2,5-6,15-18H2,(H,25,27)/b14-11+/t20-/m1/s1. The Labute approximate surface area is 189 Å². The first-order valence-electron chi connectivity index (χ1n) is 11.0. The van der Waals surface area contributed by atoms with Gasteiger partial charge in [0, 0.05) is 19.2 Å². The molecule has 0 bridgehead atoms. The van der Waals surface area contributed by atoms with Gasteiger partial charge in [-0.25, -0.2) is 8.42 Å². The minimum atomic E-state index is -3.47. The lowest BCUT2D eigenvalue weighted by Crippen LogP contribution is -2.40. The van der Waals surface area contributed by atoms with E-state index >= 15 is 0 Å². The fraction of sp³-hybridized carbons (Fsp3) is 0.375. The number of hydrogen-bond donors (Lipinski definition) is 1. The van der Waals surface area contributed by atoms with Gasteiger partial charge in [-0.15, -0.1) is 0 Å². The van der Waals surface area contributed by atoms with Crippen molar-refractivity contribution < 1.29 is 22.7 Å². The molecule has 0 unspecified atom stereocenters. The van der Waals surface area contributed by atoms with Crippen LogP contribution in [-0.4, -0.2) is 51.0 Å². The molecule has 0 saturated carbocycles. The van der Waals surface area contributed by atoms with E-state index in [-0.39, 0.29) is 16.9 Å². The monoisotopic (exact) mass is 456 g/mol. The number of benzene rings is 2. The van der Waals surface area contributed by atoms with Crippen molar-refractivity contribution in [3.63, 3.8) is 0 Å². The number of hydrogen-bond acceptors (Lipinski definition) is 5. The number of nitrogens with zero attached hydrogens (tertiary/aromatic N) is 1. The Hall–Kier alpha value is -2.84. The number of carbonyl (C=O) groups is 1. The average molecular weight is 457 g/mol. The molecule has 1 N–H and O–H groups in total. The fourth-order valence-corrected chi connectivity index (χ4v) is 5.31. The number of carbonyl (C=O) groups excluding carboxylic acids is 1. The molecular formula is C24H28N2O5S. The van der Waals surface area contributed by atoms with Crippen molar-refractivity contribution in [3.8, 4) is 11.5 Å². The van der Waals surface area contributed by atoms with Crippen LogP contribution in [0.15, 0.2) is 59.5 Å². The lowest BCUT2D eigenvalue weighted by Gasteiger charge is -2.26. The van der Waals surface area contributed by atoms with E-state index < -0.39 is 10.0 Å². The zero-order valence-electron chi connectivity index (χ0n) is 17.9. The van der Waals surface area contributed by atoms with E-state index in [2.05, 4.69) is 5.32 Å². The maximum absolute atomic E-state index is 12.9. The van der Waals surface area contributed by atoms with E-state index in [0.29, 0.717) is 37.7 Å². The van der Waals surface area contributed by atoms with Crippen molar-refractivity contribution in [2.75, 3.05) is 26.2 Å². The van der Waals surface area contributed by atoms with Gasteiger partial charge in [0.2, 0.25) is 15.9 Å². The molecule has 1 saturated heterocycles.